The molecular weight excluding hydrogens is 367 g/mol. The van der Waals surface area contributed by atoms with Crippen molar-refractivity contribution in [3.8, 4) is 0 Å². The number of carbonyl (C=O) groups is 1. The van der Waals surface area contributed by atoms with E-state index in [1.165, 1.54) is 6.07 Å². The fourth-order valence-electron chi connectivity index (χ4n) is 3.45. The zero-order valence-corrected chi connectivity index (χ0v) is 14.9. The van der Waals surface area contributed by atoms with Crippen molar-refractivity contribution in [2.24, 2.45) is 4.99 Å². The standard InChI is InChI=1S/C18H19FN6O3/c19-11-3-1-8-20-15(11)18(6-2-7-18)10-22-13-5-4-12(24-25-13)16-21-9-14(23-16)28-17(26)27/h1,3-5,8,14H,2,6-7,9-10H2,(H,21,23)(H,22,25)(H,26,27). The molecule has 1 unspecified atom stereocenters. The summed E-state index contributed by atoms with van der Waals surface area (Å²) in [4.78, 5) is 19.0. The maximum absolute atomic E-state index is 14.2. The van der Waals surface area contributed by atoms with E-state index in [9.17, 15) is 9.18 Å². The van der Waals surface area contributed by atoms with Crippen LogP contribution in [0.15, 0.2) is 35.5 Å². The number of nitrogens with one attached hydrogen (secondary N) is 2. The topological polar surface area (TPSA) is 122 Å². The monoisotopic (exact) mass is 386 g/mol. The van der Waals surface area contributed by atoms with E-state index < -0.39 is 12.4 Å². The number of aliphatic imine (C=N–C) groups is 1. The Labute approximate surface area is 160 Å². The van der Waals surface area contributed by atoms with Gasteiger partial charge in [0.2, 0.25) is 0 Å². The van der Waals surface area contributed by atoms with Gasteiger partial charge in [0.25, 0.3) is 0 Å². The Kier molecular flexibility index (Phi) is 4.76. The van der Waals surface area contributed by atoms with Crippen LogP contribution in [-0.2, 0) is 10.2 Å². The maximum atomic E-state index is 14.2. The van der Waals surface area contributed by atoms with Gasteiger partial charge in [-0.15, -0.1) is 10.2 Å². The first-order valence-corrected chi connectivity index (χ1v) is 8.95. The summed E-state index contributed by atoms with van der Waals surface area (Å²) in [5.74, 6) is 0.702. The lowest BCUT2D eigenvalue weighted by molar-refractivity contribution is 0.0531. The van der Waals surface area contributed by atoms with Gasteiger partial charge in [-0.1, -0.05) is 6.42 Å². The lowest BCUT2D eigenvalue weighted by Crippen LogP contribution is -2.42. The van der Waals surface area contributed by atoms with Gasteiger partial charge in [0, 0.05) is 18.2 Å². The Morgan fingerprint density at radius 2 is 2.21 bits per heavy atom. The molecule has 2 aromatic heterocycles. The highest BCUT2D eigenvalue weighted by Crippen LogP contribution is 2.43. The molecule has 28 heavy (non-hydrogen) atoms. The van der Waals surface area contributed by atoms with Crippen molar-refractivity contribution in [1.29, 1.82) is 0 Å². The number of ether oxygens (including phenoxy) is 1. The number of aromatic nitrogens is 3. The molecule has 1 aliphatic heterocycles. The summed E-state index contributed by atoms with van der Waals surface area (Å²) in [6.07, 6.45) is 2.29. The van der Waals surface area contributed by atoms with Crippen molar-refractivity contribution in [2.75, 3.05) is 18.4 Å². The smallest absolute Gasteiger partial charge is 0.450 e. The molecule has 0 radical (unpaired) electrons. The van der Waals surface area contributed by atoms with E-state index in [1.807, 2.05) is 0 Å². The largest absolute Gasteiger partial charge is 0.507 e. The van der Waals surface area contributed by atoms with Crippen LogP contribution in [0.1, 0.15) is 30.7 Å². The van der Waals surface area contributed by atoms with Crippen LogP contribution >= 0.6 is 0 Å². The van der Waals surface area contributed by atoms with E-state index in [-0.39, 0.29) is 17.8 Å². The normalized spacial score (nSPS) is 19.9. The van der Waals surface area contributed by atoms with Crippen LogP contribution in [0.5, 0.6) is 0 Å². The molecule has 3 N–H and O–H groups in total. The van der Waals surface area contributed by atoms with E-state index in [2.05, 4.69) is 35.5 Å². The number of pyridine rings is 1. The molecule has 3 heterocycles. The molecule has 10 heteroatoms. The third kappa shape index (κ3) is 3.57. The van der Waals surface area contributed by atoms with Crippen LogP contribution < -0.4 is 10.6 Å². The molecule has 1 aliphatic carbocycles. The van der Waals surface area contributed by atoms with Gasteiger partial charge in [-0.2, -0.15) is 0 Å². The molecule has 9 nitrogen and oxygen atoms in total. The van der Waals surface area contributed by atoms with Gasteiger partial charge in [0.1, 0.15) is 17.3 Å². The molecule has 146 valence electrons. The second kappa shape index (κ2) is 7.37. The summed E-state index contributed by atoms with van der Waals surface area (Å²) in [6, 6.07) is 6.50. The number of anilines is 1. The summed E-state index contributed by atoms with van der Waals surface area (Å²) in [6.45, 7) is 0.699. The van der Waals surface area contributed by atoms with Crippen LogP contribution in [0, 0.1) is 5.82 Å². The van der Waals surface area contributed by atoms with E-state index >= 15 is 0 Å². The molecular formula is C18H19FN6O3. The summed E-state index contributed by atoms with van der Waals surface area (Å²) in [5, 5.41) is 22.9. The lowest BCUT2D eigenvalue weighted by atomic mass is 9.66. The number of amidine groups is 1. The number of halogens is 1. The second-order valence-corrected chi connectivity index (χ2v) is 6.83. The van der Waals surface area contributed by atoms with E-state index in [0.29, 0.717) is 29.6 Å². The fourth-order valence-corrected chi connectivity index (χ4v) is 3.45. The third-order valence-corrected chi connectivity index (χ3v) is 5.04. The van der Waals surface area contributed by atoms with Crippen molar-refractivity contribution < 1.29 is 19.0 Å². The van der Waals surface area contributed by atoms with Crippen molar-refractivity contribution in [2.45, 2.75) is 30.9 Å². The maximum Gasteiger partial charge on any atom is 0.507 e. The van der Waals surface area contributed by atoms with Crippen LogP contribution in [-0.4, -0.2) is 51.6 Å². The molecule has 0 bridgehead atoms. The van der Waals surface area contributed by atoms with E-state index in [0.717, 1.165) is 19.3 Å². The molecule has 1 atom stereocenters. The summed E-state index contributed by atoms with van der Waals surface area (Å²) < 4.78 is 18.8. The van der Waals surface area contributed by atoms with Gasteiger partial charge in [-0.05, 0) is 37.1 Å². The average Bonchev–Trinajstić information content (AvgIpc) is 3.10. The van der Waals surface area contributed by atoms with E-state index in [4.69, 9.17) is 5.11 Å². The van der Waals surface area contributed by atoms with Crippen molar-refractivity contribution >= 4 is 17.8 Å². The lowest BCUT2D eigenvalue weighted by Gasteiger charge is -2.41. The number of rotatable bonds is 6. The van der Waals surface area contributed by atoms with Gasteiger partial charge in [0.05, 0.1) is 12.2 Å². The van der Waals surface area contributed by atoms with Crippen LogP contribution in [0.2, 0.25) is 0 Å². The van der Waals surface area contributed by atoms with E-state index in [1.54, 1.807) is 24.4 Å². The van der Waals surface area contributed by atoms with Crippen molar-refractivity contribution in [3.63, 3.8) is 0 Å². The first-order valence-electron chi connectivity index (χ1n) is 8.95. The highest BCUT2D eigenvalue weighted by Gasteiger charge is 2.41. The summed E-state index contributed by atoms with van der Waals surface area (Å²) in [7, 11) is 0. The Morgan fingerprint density at radius 1 is 1.36 bits per heavy atom. The quantitative estimate of drug-likeness (QED) is 0.644. The summed E-state index contributed by atoms with van der Waals surface area (Å²) in [5.41, 5.74) is 0.646. The Bertz CT molecular complexity index is 900. The van der Waals surface area contributed by atoms with Gasteiger partial charge in [-0.3, -0.25) is 9.98 Å². The van der Waals surface area contributed by atoms with Gasteiger partial charge in [-0.25, -0.2) is 9.18 Å². The molecule has 2 aliphatic rings. The SMILES string of the molecule is O=C(O)OC1CN=C(c2ccc(NCC3(c4ncccc4F)CCC3)nn2)N1. The number of hydrogen-bond acceptors (Lipinski definition) is 8. The zero-order valence-electron chi connectivity index (χ0n) is 14.9. The van der Waals surface area contributed by atoms with Gasteiger partial charge < -0.3 is 20.5 Å². The molecule has 2 aromatic rings. The molecule has 1 fully saturated rings. The number of carboxylic acid groups (broad SMARTS) is 1. The number of hydrogen-bond donors (Lipinski definition) is 3. The second-order valence-electron chi connectivity index (χ2n) is 6.83. The fraction of sp³-hybridized carbons (Fsp3) is 0.389. The first-order chi connectivity index (χ1) is 13.6. The van der Waals surface area contributed by atoms with Crippen molar-refractivity contribution in [1.82, 2.24) is 20.5 Å². The predicted octanol–water partition coefficient (Wildman–Crippen LogP) is 1.91. The summed E-state index contributed by atoms with van der Waals surface area (Å²) >= 11 is 0. The van der Waals surface area contributed by atoms with Crippen molar-refractivity contribution in [3.05, 3.63) is 47.7 Å². The zero-order chi connectivity index (χ0) is 19.6. The molecule has 0 amide bonds. The molecule has 0 spiro atoms. The minimum absolute atomic E-state index is 0.182. The molecule has 4 rings (SSSR count). The molecule has 1 saturated carbocycles. The van der Waals surface area contributed by atoms with Crippen LogP contribution in [0.3, 0.4) is 0 Å². The van der Waals surface area contributed by atoms with Gasteiger partial charge in [0.15, 0.2) is 12.1 Å². The van der Waals surface area contributed by atoms with Crippen LogP contribution in [0.4, 0.5) is 15.0 Å². The highest BCUT2D eigenvalue weighted by molar-refractivity contribution is 5.98. The number of nitrogens with zero attached hydrogens (tertiary/aromatic N) is 4. The Morgan fingerprint density at radius 3 is 2.86 bits per heavy atom. The minimum Gasteiger partial charge on any atom is -0.450 e. The Hall–Kier alpha value is -3.30. The van der Waals surface area contributed by atoms with Gasteiger partial charge >= 0.3 is 6.16 Å². The molecule has 0 aromatic carbocycles. The highest BCUT2D eigenvalue weighted by atomic mass is 19.1. The molecule has 0 saturated heterocycles. The third-order valence-electron chi connectivity index (χ3n) is 5.04. The first kappa shape index (κ1) is 18.1. The minimum atomic E-state index is -1.37. The Balaban J connectivity index is 1.39. The average molecular weight is 386 g/mol. The van der Waals surface area contributed by atoms with Crippen LogP contribution in [0.25, 0.3) is 0 Å². The predicted molar refractivity (Wildman–Crippen MR) is 97.7 cm³/mol.